The molecule has 0 fully saturated rings. The normalized spacial score (nSPS) is 12.3. The zero-order valence-corrected chi connectivity index (χ0v) is 20.9. The summed E-state index contributed by atoms with van der Waals surface area (Å²) >= 11 is 0. The van der Waals surface area contributed by atoms with Crippen molar-refractivity contribution in [2.75, 3.05) is 5.32 Å². The van der Waals surface area contributed by atoms with E-state index in [9.17, 15) is 19.5 Å². The first-order chi connectivity index (χ1) is 18.3. The summed E-state index contributed by atoms with van der Waals surface area (Å²) in [6.45, 7) is 3.46. The number of nitrogens with one attached hydrogen (secondary N) is 2. The highest BCUT2D eigenvalue weighted by molar-refractivity contribution is 5.97. The molecule has 0 unspecified atom stereocenters. The maximum atomic E-state index is 12.7. The standard InChI is InChI=1S/C29H27N3O6/c1-18-25(31-29(36)37-19(2)21-11-7-4-8-12-21)26(38-32-18)22-13-15-23(16-14-22)27(33)30-24(28(34)35)17-20-9-5-3-6-10-20/h3-16,19,24H,17H2,1-2H3,(H,30,33)(H,31,36)(H,34,35)/t19-,24+/m1/s1. The Morgan fingerprint density at radius 2 is 1.58 bits per heavy atom. The number of aryl methyl sites for hydroxylation is 1. The van der Waals surface area contributed by atoms with Gasteiger partial charge in [-0.2, -0.15) is 0 Å². The Balaban J connectivity index is 1.43. The molecule has 9 nitrogen and oxygen atoms in total. The molecule has 0 aliphatic rings. The number of hydrogen-bond acceptors (Lipinski definition) is 6. The van der Waals surface area contributed by atoms with Crippen molar-refractivity contribution < 1.29 is 28.8 Å². The average Bonchev–Trinajstić information content (AvgIpc) is 3.28. The fourth-order valence-corrected chi connectivity index (χ4v) is 3.86. The molecular formula is C29H27N3O6. The molecule has 194 valence electrons. The largest absolute Gasteiger partial charge is 0.480 e. The monoisotopic (exact) mass is 513 g/mol. The summed E-state index contributed by atoms with van der Waals surface area (Å²) in [6, 6.07) is 23.7. The molecular weight excluding hydrogens is 486 g/mol. The van der Waals surface area contributed by atoms with Gasteiger partial charge in [0, 0.05) is 17.5 Å². The first-order valence-corrected chi connectivity index (χ1v) is 12.0. The summed E-state index contributed by atoms with van der Waals surface area (Å²) in [6.07, 6.45) is -0.970. The molecule has 1 heterocycles. The van der Waals surface area contributed by atoms with Crippen LogP contribution in [0.3, 0.4) is 0 Å². The van der Waals surface area contributed by atoms with E-state index in [0.29, 0.717) is 22.7 Å². The molecule has 2 amide bonds. The number of carbonyl (C=O) groups excluding carboxylic acids is 2. The first-order valence-electron chi connectivity index (χ1n) is 12.0. The van der Waals surface area contributed by atoms with Gasteiger partial charge in [0.2, 0.25) is 0 Å². The fraction of sp³-hybridized carbons (Fsp3) is 0.172. The number of nitrogens with zero attached hydrogens (tertiary/aromatic N) is 1. The van der Waals surface area contributed by atoms with Crippen molar-refractivity contribution in [3.05, 3.63) is 107 Å². The molecule has 38 heavy (non-hydrogen) atoms. The molecule has 0 bridgehead atoms. The number of rotatable bonds is 9. The van der Waals surface area contributed by atoms with Crippen molar-refractivity contribution in [3.63, 3.8) is 0 Å². The van der Waals surface area contributed by atoms with Gasteiger partial charge in [-0.25, -0.2) is 9.59 Å². The number of aliphatic carboxylic acids is 1. The van der Waals surface area contributed by atoms with Gasteiger partial charge in [0.1, 0.15) is 23.5 Å². The van der Waals surface area contributed by atoms with Crippen LogP contribution in [0.2, 0.25) is 0 Å². The van der Waals surface area contributed by atoms with Crippen LogP contribution in [0.4, 0.5) is 10.5 Å². The maximum absolute atomic E-state index is 12.7. The van der Waals surface area contributed by atoms with Crippen LogP contribution in [0, 0.1) is 6.92 Å². The van der Waals surface area contributed by atoms with Crippen molar-refractivity contribution in [2.45, 2.75) is 32.4 Å². The molecule has 0 saturated heterocycles. The van der Waals surface area contributed by atoms with E-state index < -0.39 is 30.1 Å². The van der Waals surface area contributed by atoms with E-state index in [1.807, 2.05) is 48.5 Å². The second-order valence-corrected chi connectivity index (χ2v) is 8.69. The van der Waals surface area contributed by atoms with E-state index in [0.717, 1.165) is 11.1 Å². The van der Waals surface area contributed by atoms with Crippen molar-refractivity contribution >= 4 is 23.7 Å². The molecule has 9 heteroatoms. The molecule has 0 aliphatic heterocycles. The molecule has 0 spiro atoms. The minimum Gasteiger partial charge on any atom is -0.480 e. The van der Waals surface area contributed by atoms with Crippen molar-refractivity contribution in [3.8, 4) is 11.3 Å². The van der Waals surface area contributed by atoms with Crippen LogP contribution in [0.15, 0.2) is 89.5 Å². The van der Waals surface area contributed by atoms with E-state index >= 15 is 0 Å². The molecule has 4 rings (SSSR count). The third-order valence-corrected chi connectivity index (χ3v) is 5.94. The quantitative estimate of drug-likeness (QED) is 0.274. The molecule has 1 aromatic heterocycles. The highest BCUT2D eigenvalue weighted by Crippen LogP contribution is 2.31. The van der Waals surface area contributed by atoms with Crippen molar-refractivity contribution in [1.82, 2.24) is 10.5 Å². The fourth-order valence-electron chi connectivity index (χ4n) is 3.86. The molecule has 2 atom stereocenters. The van der Waals surface area contributed by atoms with E-state index in [1.165, 1.54) is 0 Å². The Kier molecular flexibility index (Phi) is 8.17. The summed E-state index contributed by atoms with van der Waals surface area (Å²) in [4.78, 5) is 37.0. The maximum Gasteiger partial charge on any atom is 0.412 e. The van der Waals surface area contributed by atoms with Crippen LogP contribution in [0.25, 0.3) is 11.3 Å². The number of carboxylic acids is 1. The predicted molar refractivity (Wildman–Crippen MR) is 141 cm³/mol. The van der Waals surface area contributed by atoms with E-state index in [-0.39, 0.29) is 12.0 Å². The topological polar surface area (TPSA) is 131 Å². The number of aromatic nitrogens is 1. The average molecular weight is 514 g/mol. The lowest BCUT2D eigenvalue weighted by molar-refractivity contribution is -0.139. The molecule has 4 aromatic rings. The Morgan fingerprint density at radius 3 is 2.21 bits per heavy atom. The van der Waals surface area contributed by atoms with Gasteiger partial charge in [0.05, 0.1) is 0 Å². The number of benzene rings is 3. The number of hydrogen-bond donors (Lipinski definition) is 3. The minimum atomic E-state index is -1.12. The van der Waals surface area contributed by atoms with Gasteiger partial charge in [0.25, 0.3) is 5.91 Å². The van der Waals surface area contributed by atoms with Gasteiger partial charge >= 0.3 is 12.1 Å². The van der Waals surface area contributed by atoms with Crippen LogP contribution in [-0.4, -0.2) is 34.3 Å². The van der Waals surface area contributed by atoms with Gasteiger partial charge in [0.15, 0.2) is 5.76 Å². The lowest BCUT2D eigenvalue weighted by Crippen LogP contribution is -2.42. The van der Waals surface area contributed by atoms with Crippen LogP contribution in [0.5, 0.6) is 0 Å². The van der Waals surface area contributed by atoms with Gasteiger partial charge in [-0.05, 0) is 37.1 Å². The predicted octanol–water partition coefficient (Wildman–Crippen LogP) is 5.39. The molecule has 0 saturated carbocycles. The zero-order valence-electron chi connectivity index (χ0n) is 20.9. The van der Waals surface area contributed by atoms with Crippen LogP contribution in [0.1, 0.15) is 40.2 Å². The Morgan fingerprint density at radius 1 is 0.947 bits per heavy atom. The van der Waals surface area contributed by atoms with Gasteiger partial charge in [-0.3, -0.25) is 10.1 Å². The van der Waals surface area contributed by atoms with Crippen molar-refractivity contribution in [1.29, 1.82) is 0 Å². The van der Waals surface area contributed by atoms with E-state index in [2.05, 4.69) is 15.8 Å². The number of amides is 2. The smallest absolute Gasteiger partial charge is 0.412 e. The lowest BCUT2D eigenvalue weighted by atomic mass is 10.0. The van der Waals surface area contributed by atoms with Crippen LogP contribution >= 0.6 is 0 Å². The lowest BCUT2D eigenvalue weighted by Gasteiger charge is -2.15. The summed E-state index contributed by atoms with van der Waals surface area (Å²) in [7, 11) is 0. The van der Waals surface area contributed by atoms with Gasteiger partial charge in [-0.1, -0.05) is 78.0 Å². The number of carboxylic acid groups (broad SMARTS) is 1. The summed E-state index contributed by atoms with van der Waals surface area (Å²) in [5.41, 5.74) is 3.29. The SMILES string of the molecule is Cc1noc(-c2ccc(C(=O)N[C@@H](Cc3ccccc3)C(=O)O)cc2)c1NC(=O)O[C@H](C)c1ccccc1. The van der Waals surface area contributed by atoms with Crippen molar-refractivity contribution in [2.24, 2.45) is 0 Å². The number of carbonyl (C=O) groups is 3. The summed E-state index contributed by atoms with van der Waals surface area (Å²) < 4.78 is 10.9. The molecule has 0 aliphatic carbocycles. The number of ether oxygens (including phenoxy) is 1. The second kappa shape index (κ2) is 11.9. The van der Waals surface area contributed by atoms with Gasteiger partial charge < -0.3 is 19.7 Å². The van der Waals surface area contributed by atoms with Crippen LogP contribution in [-0.2, 0) is 16.0 Å². The summed E-state index contributed by atoms with van der Waals surface area (Å²) in [5.74, 6) is -1.35. The Bertz CT molecular complexity index is 1400. The van der Waals surface area contributed by atoms with Gasteiger partial charge in [-0.15, -0.1) is 0 Å². The Hall–Kier alpha value is -4.92. The third-order valence-electron chi connectivity index (χ3n) is 5.94. The highest BCUT2D eigenvalue weighted by atomic mass is 16.6. The third kappa shape index (κ3) is 6.44. The van der Waals surface area contributed by atoms with E-state index in [1.54, 1.807) is 50.2 Å². The molecule has 0 radical (unpaired) electrons. The second-order valence-electron chi connectivity index (χ2n) is 8.69. The summed E-state index contributed by atoms with van der Waals surface area (Å²) in [5, 5.41) is 18.8. The first kappa shape index (κ1) is 26.2. The zero-order chi connectivity index (χ0) is 27.1. The van der Waals surface area contributed by atoms with Crippen LogP contribution < -0.4 is 10.6 Å². The number of anilines is 1. The Labute approximate surface area is 219 Å². The minimum absolute atomic E-state index is 0.158. The molecule has 3 aromatic carbocycles. The van der Waals surface area contributed by atoms with E-state index in [4.69, 9.17) is 9.26 Å². The molecule has 3 N–H and O–H groups in total. The highest BCUT2D eigenvalue weighted by Gasteiger charge is 2.23.